The van der Waals surface area contributed by atoms with Crippen molar-refractivity contribution in [1.82, 2.24) is 10.3 Å². The van der Waals surface area contributed by atoms with Crippen LogP contribution in [0.2, 0.25) is 0 Å². The van der Waals surface area contributed by atoms with Crippen LogP contribution in [-0.2, 0) is 4.79 Å². The van der Waals surface area contributed by atoms with Gasteiger partial charge in [-0.1, -0.05) is 19.9 Å². The van der Waals surface area contributed by atoms with Crippen LogP contribution < -0.4 is 10.1 Å². The lowest BCUT2D eigenvalue weighted by atomic mass is 10.2. The number of benzene rings is 1. The number of ether oxygens (including phenoxy) is 1. The molecule has 1 N–H and O–H groups in total. The van der Waals surface area contributed by atoms with Crippen LogP contribution in [0.25, 0.3) is 0 Å². The highest BCUT2D eigenvalue weighted by Gasteiger charge is 2.15. The molecule has 0 aliphatic rings. The van der Waals surface area contributed by atoms with E-state index in [0.717, 1.165) is 10.7 Å². The summed E-state index contributed by atoms with van der Waals surface area (Å²) in [4.78, 5) is 26.7. The van der Waals surface area contributed by atoms with Gasteiger partial charge in [0.25, 0.3) is 11.6 Å². The normalized spacial score (nSPS) is 12.0. The van der Waals surface area contributed by atoms with Crippen molar-refractivity contribution >= 4 is 22.9 Å². The van der Waals surface area contributed by atoms with Crippen LogP contribution in [0, 0.1) is 10.1 Å². The molecule has 2 aromatic rings. The average Bonchev–Trinajstić information content (AvgIpc) is 3.03. The second-order valence-electron chi connectivity index (χ2n) is 5.60. The summed E-state index contributed by atoms with van der Waals surface area (Å²) >= 11 is 1.57. The number of thiazole rings is 1. The molecule has 1 amide bonds. The number of carbonyl (C=O) groups excluding carboxylic acids is 1. The summed E-state index contributed by atoms with van der Waals surface area (Å²) in [5, 5.41) is 16.5. The van der Waals surface area contributed by atoms with Crippen molar-refractivity contribution in [3.63, 3.8) is 0 Å². The Kier molecular flexibility index (Phi) is 5.86. The number of carbonyl (C=O) groups is 1. The Bertz CT molecular complexity index is 730. The molecule has 0 bridgehead atoms. The van der Waals surface area contributed by atoms with E-state index < -0.39 is 4.92 Å². The molecule has 1 aromatic heterocycles. The molecular formula is C16H19N3O4S. The molecule has 1 heterocycles. The number of nitro benzene ring substituents is 1. The van der Waals surface area contributed by atoms with E-state index in [1.165, 1.54) is 18.2 Å². The Hall–Kier alpha value is -2.48. The van der Waals surface area contributed by atoms with Gasteiger partial charge in [0.15, 0.2) is 6.61 Å². The molecule has 0 unspecified atom stereocenters. The summed E-state index contributed by atoms with van der Waals surface area (Å²) in [5.41, 5.74) is 0.734. The van der Waals surface area contributed by atoms with E-state index in [0.29, 0.717) is 5.92 Å². The highest BCUT2D eigenvalue weighted by Crippen LogP contribution is 2.23. The Balaban J connectivity index is 1.88. The summed E-state index contributed by atoms with van der Waals surface area (Å²) in [6.45, 7) is 5.77. The van der Waals surface area contributed by atoms with Gasteiger partial charge < -0.3 is 10.1 Å². The van der Waals surface area contributed by atoms with E-state index in [-0.39, 0.29) is 30.0 Å². The van der Waals surface area contributed by atoms with Crippen LogP contribution >= 0.6 is 11.3 Å². The van der Waals surface area contributed by atoms with Crippen molar-refractivity contribution in [3.05, 3.63) is 50.5 Å². The molecule has 0 spiro atoms. The smallest absolute Gasteiger partial charge is 0.273 e. The number of nitro groups is 1. The highest BCUT2D eigenvalue weighted by molar-refractivity contribution is 7.09. The molecule has 0 saturated heterocycles. The number of hydrogen-bond donors (Lipinski definition) is 1. The van der Waals surface area contributed by atoms with E-state index in [1.54, 1.807) is 17.4 Å². The third-order valence-electron chi connectivity index (χ3n) is 3.25. The van der Waals surface area contributed by atoms with Gasteiger partial charge in [0.1, 0.15) is 5.75 Å². The lowest BCUT2D eigenvalue weighted by molar-refractivity contribution is -0.384. The number of hydrogen-bond acceptors (Lipinski definition) is 6. The van der Waals surface area contributed by atoms with E-state index in [4.69, 9.17) is 4.74 Å². The maximum atomic E-state index is 12.0. The standard InChI is InChI=1S/C16H19N3O4S/c1-10(2)16-18-14(9-24-16)11(3)17-15(20)8-23-13-6-4-5-12(7-13)19(21)22/h4-7,9-11H,8H2,1-3H3,(H,17,20)/t11-/m1/s1. The topological polar surface area (TPSA) is 94.4 Å². The fourth-order valence-electron chi connectivity index (χ4n) is 1.96. The average molecular weight is 349 g/mol. The Morgan fingerprint density at radius 1 is 1.42 bits per heavy atom. The largest absolute Gasteiger partial charge is 0.484 e. The molecule has 128 valence electrons. The lowest BCUT2D eigenvalue weighted by Gasteiger charge is -2.12. The van der Waals surface area contributed by atoms with Gasteiger partial charge in [-0.15, -0.1) is 11.3 Å². The first-order valence-electron chi connectivity index (χ1n) is 7.48. The Morgan fingerprint density at radius 3 is 2.79 bits per heavy atom. The fraction of sp³-hybridized carbons (Fsp3) is 0.375. The van der Waals surface area contributed by atoms with Crippen molar-refractivity contribution < 1.29 is 14.5 Å². The van der Waals surface area contributed by atoms with Crippen LogP contribution in [0.1, 0.15) is 43.4 Å². The van der Waals surface area contributed by atoms with E-state index in [2.05, 4.69) is 24.1 Å². The molecule has 0 saturated carbocycles. The molecule has 0 fully saturated rings. The van der Waals surface area contributed by atoms with Gasteiger partial charge in [0.2, 0.25) is 0 Å². The van der Waals surface area contributed by atoms with Gasteiger partial charge in [0, 0.05) is 17.4 Å². The van der Waals surface area contributed by atoms with Gasteiger partial charge in [0.05, 0.1) is 27.7 Å². The molecule has 8 heteroatoms. The molecule has 1 atom stereocenters. The lowest BCUT2D eigenvalue weighted by Crippen LogP contribution is -2.31. The molecule has 0 aliphatic heterocycles. The number of nitrogens with one attached hydrogen (secondary N) is 1. The second kappa shape index (κ2) is 7.87. The molecular weight excluding hydrogens is 330 g/mol. The highest BCUT2D eigenvalue weighted by atomic mass is 32.1. The summed E-state index contributed by atoms with van der Waals surface area (Å²) in [5.74, 6) is 0.319. The first kappa shape index (κ1) is 17.9. The van der Waals surface area contributed by atoms with Crippen molar-refractivity contribution in [2.45, 2.75) is 32.7 Å². The third-order valence-corrected chi connectivity index (χ3v) is 4.42. The van der Waals surface area contributed by atoms with E-state index in [9.17, 15) is 14.9 Å². The predicted molar refractivity (Wildman–Crippen MR) is 91.4 cm³/mol. The monoisotopic (exact) mass is 349 g/mol. The number of amides is 1. The van der Waals surface area contributed by atoms with Crippen LogP contribution in [0.4, 0.5) is 5.69 Å². The van der Waals surface area contributed by atoms with Gasteiger partial charge in [-0.25, -0.2) is 4.98 Å². The third kappa shape index (κ3) is 4.76. The van der Waals surface area contributed by atoms with Crippen molar-refractivity contribution in [2.75, 3.05) is 6.61 Å². The number of rotatable bonds is 7. The van der Waals surface area contributed by atoms with Gasteiger partial charge in [-0.3, -0.25) is 14.9 Å². The van der Waals surface area contributed by atoms with Crippen LogP contribution in [0.5, 0.6) is 5.75 Å². The SMILES string of the molecule is CC(C)c1nc([C@@H](C)NC(=O)COc2cccc([N+](=O)[O-])c2)cs1. The van der Waals surface area contributed by atoms with Gasteiger partial charge in [-0.2, -0.15) is 0 Å². The Labute approximate surface area is 143 Å². The van der Waals surface area contributed by atoms with Crippen LogP contribution in [-0.4, -0.2) is 22.4 Å². The molecule has 1 aromatic carbocycles. The second-order valence-corrected chi connectivity index (χ2v) is 6.49. The minimum atomic E-state index is -0.510. The first-order valence-corrected chi connectivity index (χ1v) is 8.36. The zero-order valence-corrected chi connectivity index (χ0v) is 14.5. The summed E-state index contributed by atoms with van der Waals surface area (Å²) in [7, 11) is 0. The first-order chi connectivity index (χ1) is 11.4. The zero-order valence-electron chi connectivity index (χ0n) is 13.7. The quantitative estimate of drug-likeness (QED) is 0.610. The maximum Gasteiger partial charge on any atom is 0.273 e. The van der Waals surface area contributed by atoms with Crippen LogP contribution in [0.3, 0.4) is 0 Å². The number of aromatic nitrogens is 1. The van der Waals surface area contributed by atoms with Gasteiger partial charge in [-0.05, 0) is 13.0 Å². The van der Waals surface area contributed by atoms with Crippen molar-refractivity contribution in [1.29, 1.82) is 0 Å². The molecule has 2 rings (SSSR count). The summed E-state index contributed by atoms with van der Waals surface area (Å²) in [6.07, 6.45) is 0. The predicted octanol–water partition coefficient (Wildman–Crippen LogP) is 3.43. The molecule has 0 aliphatic carbocycles. The molecule has 0 radical (unpaired) electrons. The fourth-order valence-corrected chi connectivity index (χ4v) is 2.89. The van der Waals surface area contributed by atoms with E-state index in [1.807, 2.05) is 12.3 Å². The minimum Gasteiger partial charge on any atom is -0.484 e. The van der Waals surface area contributed by atoms with Gasteiger partial charge >= 0.3 is 0 Å². The van der Waals surface area contributed by atoms with Crippen molar-refractivity contribution in [2.24, 2.45) is 0 Å². The van der Waals surface area contributed by atoms with Crippen LogP contribution in [0.15, 0.2) is 29.6 Å². The summed E-state index contributed by atoms with van der Waals surface area (Å²) < 4.78 is 5.30. The molecule has 24 heavy (non-hydrogen) atoms. The number of nitrogens with zero attached hydrogens (tertiary/aromatic N) is 2. The molecule has 7 nitrogen and oxygen atoms in total. The van der Waals surface area contributed by atoms with Crippen molar-refractivity contribution in [3.8, 4) is 5.75 Å². The Morgan fingerprint density at radius 2 is 2.17 bits per heavy atom. The van der Waals surface area contributed by atoms with E-state index >= 15 is 0 Å². The summed E-state index contributed by atoms with van der Waals surface area (Å²) in [6, 6.07) is 5.50. The zero-order chi connectivity index (χ0) is 17.7. The maximum absolute atomic E-state index is 12.0. The number of non-ortho nitro benzene ring substituents is 1. The minimum absolute atomic E-state index is 0.0787.